The van der Waals surface area contributed by atoms with Crippen LogP contribution in [0, 0.1) is 5.41 Å². The normalized spacial score (nSPS) is 29.7. The molecule has 0 saturated heterocycles. The fourth-order valence-electron chi connectivity index (χ4n) is 3.68. The molecule has 3 heteroatoms. The van der Waals surface area contributed by atoms with Gasteiger partial charge in [-0.2, -0.15) is 0 Å². The van der Waals surface area contributed by atoms with E-state index in [1.807, 2.05) is 13.0 Å². The van der Waals surface area contributed by atoms with Crippen molar-refractivity contribution in [1.82, 2.24) is 0 Å². The number of carbonyl (C=O) groups excluding carboxylic acids is 1. The molecule has 2 unspecified atom stereocenters. The van der Waals surface area contributed by atoms with Gasteiger partial charge in [-0.3, -0.25) is 4.79 Å². The Morgan fingerprint density at radius 3 is 2.86 bits per heavy atom. The standard InChI is InChI=1S/C19H24O3/c1-19(17(20)8-9-18(19)21)11-10-13-4-3-5-14-12-15(22-2)6-7-16(13)14/h6-7,10,12,17,20H,3-5,8-9,11H2,1-2H3/b13-10+. The Morgan fingerprint density at radius 1 is 1.36 bits per heavy atom. The van der Waals surface area contributed by atoms with Crippen LogP contribution in [0.25, 0.3) is 5.57 Å². The van der Waals surface area contributed by atoms with Crippen molar-refractivity contribution in [1.29, 1.82) is 0 Å². The van der Waals surface area contributed by atoms with E-state index in [1.165, 1.54) is 16.7 Å². The summed E-state index contributed by atoms with van der Waals surface area (Å²) in [7, 11) is 1.69. The number of allylic oxidation sites excluding steroid dienone is 2. The predicted molar refractivity (Wildman–Crippen MR) is 86.9 cm³/mol. The summed E-state index contributed by atoms with van der Waals surface area (Å²) in [4.78, 5) is 12.1. The predicted octanol–water partition coefficient (Wildman–Crippen LogP) is 3.54. The summed E-state index contributed by atoms with van der Waals surface area (Å²) in [6, 6.07) is 6.23. The number of benzene rings is 1. The maximum absolute atomic E-state index is 12.1. The van der Waals surface area contributed by atoms with Crippen LogP contribution < -0.4 is 4.74 Å². The molecule has 1 fully saturated rings. The van der Waals surface area contributed by atoms with Gasteiger partial charge in [0.25, 0.3) is 0 Å². The van der Waals surface area contributed by atoms with Crippen LogP contribution in [-0.2, 0) is 11.2 Å². The monoisotopic (exact) mass is 300 g/mol. The molecule has 0 heterocycles. The zero-order valence-corrected chi connectivity index (χ0v) is 13.4. The number of aliphatic hydroxyl groups excluding tert-OH is 1. The number of methoxy groups -OCH3 is 1. The molecule has 0 aromatic heterocycles. The highest BCUT2D eigenvalue weighted by atomic mass is 16.5. The molecule has 1 saturated carbocycles. The topological polar surface area (TPSA) is 46.5 Å². The van der Waals surface area contributed by atoms with Gasteiger partial charge in [-0.05, 0) is 67.9 Å². The highest BCUT2D eigenvalue weighted by molar-refractivity contribution is 5.88. The lowest BCUT2D eigenvalue weighted by molar-refractivity contribution is -0.127. The Morgan fingerprint density at radius 2 is 2.18 bits per heavy atom. The summed E-state index contributed by atoms with van der Waals surface area (Å²) < 4.78 is 5.30. The summed E-state index contributed by atoms with van der Waals surface area (Å²) in [6.07, 6.45) is 6.66. The summed E-state index contributed by atoms with van der Waals surface area (Å²) in [5, 5.41) is 10.1. The van der Waals surface area contributed by atoms with E-state index >= 15 is 0 Å². The Bertz CT molecular complexity index is 617. The third-order valence-electron chi connectivity index (χ3n) is 5.34. The molecule has 1 N–H and O–H groups in total. The van der Waals surface area contributed by atoms with Gasteiger partial charge in [0.15, 0.2) is 0 Å². The van der Waals surface area contributed by atoms with E-state index in [1.54, 1.807) is 7.11 Å². The van der Waals surface area contributed by atoms with Crippen molar-refractivity contribution < 1.29 is 14.6 Å². The molecule has 2 aliphatic rings. The third kappa shape index (κ3) is 2.58. The van der Waals surface area contributed by atoms with Crippen molar-refractivity contribution in [3.8, 4) is 5.75 Å². The Hall–Kier alpha value is -1.61. The van der Waals surface area contributed by atoms with Crippen molar-refractivity contribution in [2.24, 2.45) is 5.41 Å². The van der Waals surface area contributed by atoms with E-state index in [2.05, 4.69) is 18.2 Å². The fraction of sp³-hybridized carbons (Fsp3) is 0.526. The number of hydrogen-bond acceptors (Lipinski definition) is 3. The molecule has 1 aromatic carbocycles. The van der Waals surface area contributed by atoms with Gasteiger partial charge in [0.2, 0.25) is 0 Å². The number of hydrogen-bond donors (Lipinski definition) is 1. The molecule has 0 spiro atoms. The molecule has 1 aromatic rings. The lowest BCUT2D eigenvalue weighted by atomic mass is 9.79. The smallest absolute Gasteiger partial charge is 0.141 e. The third-order valence-corrected chi connectivity index (χ3v) is 5.34. The molecule has 22 heavy (non-hydrogen) atoms. The number of ether oxygens (including phenoxy) is 1. The van der Waals surface area contributed by atoms with Crippen LogP contribution in [0.5, 0.6) is 5.75 Å². The highest BCUT2D eigenvalue weighted by Crippen LogP contribution is 2.40. The molecular formula is C19H24O3. The van der Waals surface area contributed by atoms with Gasteiger partial charge < -0.3 is 9.84 Å². The van der Waals surface area contributed by atoms with E-state index in [0.29, 0.717) is 19.3 Å². The Kier molecular flexibility index (Phi) is 4.09. The number of aliphatic hydroxyl groups is 1. The average molecular weight is 300 g/mol. The van der Waals surface area contributed by atoms with Gasteiger partial charge in [0.1, 0.15) is 11.5 Å². The second-order valence-electron chi connectivity index (χ2n) is 6.71. The van der Waals surface area contributed by atoms with E-state index < -0.39 is 11.5 Å². The minimum Gasteiger partial charge on any atom is -0.497 e. The first-order valence-electron chi connectivity index (χ1n) is 8.12. The molecule has 0 amide bonds. The van der Waals surface area contributed by atoms with Crippen molar-refractivity contribution in [2.45, 2.75) is 51.6 Å². The van der Waals surface area contributed by atoms with E-state index in [0.717, 1.165) is 25.0 Å². The Labute approximate surface area is 132 Å². The lowest BCUT2D eigenvalue weighted by Gasteiger charge is -2.26. The lowest BCUT2D eigenvalue weighted by Crippen LogP contribution is -2.32. The minimum atomic E-state index is -0.600. The van der Waals surface area contributed by atoms with Crippen LogP contribution in [0.1, 0.15) is 50.2 Å². The van der Waals surface area contributed by atoms with Gasteiger partial charge in [-0.15, -0.1) is 0 Å². The number of aryl methyl sites for hydroxylation is 1. The molecule has 0 radical (unpaired) electrons. The number of ketones is 1. The van der Waals surface area contributed by atoms with Crippen LogP contribution >= 0.6 is 0 Å². The van der Waals surface area contributed by atoms with Gasteiger partial charge in [0, 0.05) is 6.42 Å². The van der Waals surface area contributed by atoms with Gasteiger partial charge in [-0.25, -0.2) is 0 Å². The summed E-state index contributed by atoms with van der Waals surface area (Å²) in [5.41, 5.74) is 3.30. The summed E-state index contributed by atoms with van der Waals surface area (Å²) >= 11 is 0. The van der Waals surface area contributed by atoms with E-state index in [4.69, 9.17) is 4.74 Å². The summed E-state index contributed by atoms with van der Waals surface area (Å²) in [5.74, 6) is 1.09. The number of Topliss-reactive ketones (excluding diaryl/α,β-unsaturated/α-hetero) is 1. The summed E-state index contributed by atoms with van der Waals surface area (Å²) in [6.45, 7) is 1.90. The molecule has 118 valence electrons. The maximum Gasteiger partial charge on any atom is 0.141 e. The fourth-order valence-corrected chi connectivity index (χ4v) is 3.68. The van der Waals surface area contributed by atoms with Crippen LogP contribution in [-0.4, -0.2) is 24.1 Å². The second kappa shape index (κ2) is 5.88. The largest absolute Gasteiger partial charge is 0.497 e. The quantitative estimate of drug-likeness (QED) is 0.929. The first-order valence-corrected chi connectivity index (χ1v) is 8.12. The Balaban J connectivity index is 1.86. The zero-order chi connectivity index (χ0) is 15.7. The van der Waals surface area contributed by atoms with E-state index in [-0.39, 0.29) is 5.78 Å². The van der Waals surface area contributed by atoms with Crippen LogP contribution in [0.3, 0.4) is 0 Å². The van der Waals surface area contributed by atoms with Crippen LogP contribution in [0.2, 0.25) is 0 Å². The second-order valence-corrected chi connectivity index (χ2v) is 6.71. The number of fused-ring (bicyclic) bond motifs is 1. The van der Waals surface area contributed by atoms with Crippen molar-refractivity contribution in [2.75, 3.05) is 7.11 Å². The molecule has 2 atom stereocenters. The molecule has 3 rings (SSSR count). The first kappa shape index (κ1) is 15.3. The first-order chi connectivity index (χ1) is 10.5. The number of carbonyl (C=O) groups is 1. The van der Waals surface area contributed by atoms with Crippen LogP contribution in [0.15, 0.2) is 24.3 Å². The molecular weight excluding hydrogens is 276 g/mol. The zero-order valence-electron chi connectivity index (χ0n) is 13.4. The molecule has 3 nitrogen and oxygen atoms in total. The average Bonchev–Trinajstić information content (AvgIpc) is 2.80. The maximum atomic E-state index is 12.1. The SMILES string of the molecule is COc1ccc2c(c1)CCC/C2=C\CC1(C)C(=O)CCC1O. The minimum absolute atomic E-state index is 0.197. The van der Waals surface area contributed by atoms with Gasteiger partial charge >= 0.3 is 0 Å². The molecule has 0 bridgehead atoms. The highest BCUT2D eigenvalue weighted by Gasteiger charge is 2.44. The molecule has 0 aliphatic heterocycles. The van der Waals surface area contributed by atoms with Crippen LogP contribution in [0.4, 0.5) is 0 Å². The molecule has 2 aliphatic carbocycles. The van der Waals surface area contributed by atoms with Crippen molar-refractivity contribution >= 4 is 11.4 Å². The van der Waals surface area contributed by atoms with Gasteiger partial charge in [0.05, 0.1) is 18.6 Å². The van der Waals surface area contributed by atoms with Crippen molar-refractivity contribution in [3.63, 3.8) is 0 Å². The number of rotatable bonds is 3. The van der Waals surface area contributed by atoms with Gasteiger partial charge in [-0.1, -0.05) is 12.1 Å². The van der Waals surface area contributed by atoms with Crippen molar-refractivity contribution in [3.05, 3.63) is 35.4 Å². The van der Waals surface area contributed by atoms with E-state index in [9.17, 15) is 9.90 Å².